The fourth-order valence-corrected chi connectivity index (χ4v) is 5.46. The smallest absolute Gasteiger partial charge is 0.295 e. The van der Waals surface area contributed by atoms with E-state index in [0.29, 0.717) is 42.9 Å². The number of allylic oxidation sites excluding steroid dienone is 3. The number of aromatic hydroxyl groups is 1. The Bertz CT molecular complexity index is 1100. The van der Waals surface area contributed by atoms with Crippen molar-refractivity contribution in [2.24, 2.45) is 5.92 Å². The highest BCUT2D eigenvalue weighted by molar-refractivity contribution is 6.30. The van der Waals surface area contributed by atoms with Gasteiger partial charge in [0.2, 0.25) is 0 Å². The minimum absolute atomic E-state index is 0.0595. The van der Waals surface area contributed by atoms with Crippen LogP contribution in [-0.4, -0.2) is 45.4 Å². The summed E-state index contributed by atoms with van der Waals surface area (Å²) in [7, 11) is 0. The lowest BCUT2D eigenvalue weighted by molar-refractivity contribution is -0.00188. The molecular weight excluding hydrogens is 437 g/mol. The second kappa shape index (κ2) is 8.50. The van der Waals surface area contributed by atoms with Crippen LogP contribution in [0.5, 0.6) is 5.75 Å². The van der Waals surface area contributed by atoms with Crippen LogP contribution in [-0.2, 0) is 12.1 Å². The van der Waals surface area contributed by atoms with Gasteiger partial charge in [-0.3, -0.25) is 19.1 Å². The molecule has 3 N–H and O–H groups in total. The molecule has 1 spiro atoms. The number of nitrogens with one attached hydrogen (secondary N) is 1. The van der Waals surface area contributed by atoms with Gasteiger partial charge < -0.3 is 15.5 Å². The van der Waals surface area contributed by atoms with E-state index in [1.807, 2.05) is 0 Å². The van der Waals surface area contributed by atoms with Crippen LogP contribution in [0.25, 0.3) is 0 Å². The van der Waals surface area contributed by atoms with Crippen molar-refractivity contribution in [2.75, 3.05) is 19.8 Å². The minimum atomic E-state index is -1.31. The number of rotatable bonds is 5. The van der Waals surface area contributed by atoms with Gasteiger partial charge in [0.15, 0.2) is 5.75 Å². The first-order chi connectivity index (χ1) is 15.2. The summed E-state index contributed by atoms with van der Waals surface area (Å²) < 4.78 is 14.0. The molecule has 1 aromatic rings. The van der Waals surface area contributed by atoms with Crippen LogP contribution < -0.4 is 10.9 Å². The van der Waals surface area contributed by atoms with Crippen molar-refractivity contribution < 1.29 is 19.4 Å². The molecule has 1 saturated carbocycles. The largest absolute Gasteiger partial charge is 0.503 e. The molecule has 3 heterocycles. The molecule has 172 valence electrons. The van der Waals surface area contributed by atoms with E-state index in [1.54, 1.807) is 17.1 Å². The van der Waals surface area contributed by atoms with Crippen LogP contribution in [0.2, 0.25) is 0 Å². The van der Waals surface area contributed by atoms with Crippen molar-refractivity contribution in [3.8, 4) is 5.75 Å². The molecule has 3 atom stereocenters. The molecule has 3 unspecified atom stereocenters. The monoisotopic (exact) mass is 463 g/mol. The zero-order chi connectivity index (χ0) is 23.2. The number of aliphatic hydroxyl groups excluding tert-OH is 1. The maximum Gasteiger partial charge on any atom is 0.295 e. The second-order valence-corrected chi connectivity index (χ2v) is 9.37. The van der Waals surface area contributed by atoms with Crippen molar-refractivity contribution in [1.29, 1.82) is 0 Å². The van der Waals surface area contributed by atoms with E-state index < -0.39 is 29.9 Å². The Hall–Kier alpha value is -2.42. The maximum atomic E-state index is 13.2. The Kier molecular flexibility index (Phi) is 6.04. The molecule has 3 aliphatic rings. The Morgan fingerprint density at radius 3 is 2.81 bits per heavy atom. The van der Waals surface area contributed by atoms with E-state index in [0.717, 1.165) is 6.42 Å². The molecule has 1 aromatic heterocycles. The van der Waals surface area contributed by atoms with Crippen LogP contribution in [0, 0.1) is 5.92 Å². The summed E-state index contributed by atoms with van der Waals surface area (Å²) in [5.74, 6) is -0.548. The summed E-state index contributed by atoms with van der Waals surface area (Å²) in [6, 6.07) is 0. The van der Waals surface area contributed by atoms with E-state index in [-0.39, 0.29) is 28.7 Å². The number of carbonyl (C=O) groups is 1. The first-order valence-corrected chi connectivity index (χ1v) is 11.1. The zero-order valence-electron chi connectivity index (χ0n) is 17.9. The molecule has 0 saturated heterocycles. The van der Waals surface area contributed by atoms with E-state index in [2.05, 4.69) is 18.8 Å². The molecule has 1 amide bonds. The van der Waals surface area contributed by atoms with Crippen LogP contribution >= 0.6 is 11.6 Å². The van der Waals surface area contributed by atoms with Gasteiger partial charge in [-0.2, -0.15) is 0 Å². The number of hydrogen-bond donors (Lipinski definition) is 3. The molecule has 1 fully saturated rings. The van der Waals surface area contributed by atoms with E-state index in [4.69, 9.17) is 11.6 Å². The molecule has 32 heavy (non-hydrogen) atoms. The number of amides is 1. The first-order valence-electron chi connectivity index (χ1n) is 10.7. The zero-order valence-corrected chi connectivity index (χ0v) is 18.7. The third kappa shape index (κ3) is 3.70. The maximum absolute atomic E-state index is 13.2. The Labute approximate surface area is 190 Å². The fourth-order valence-electron chi connectivity index (χ4n) is 5.32. The van der Waals surface area contributed by atoms with Gasteiger partial charge >= 0.3 is 0 Å². The summed E-state index contributed by atoms with van der Waals surface area (Å²) in [4.78, 5) is 27.8. The molecule has 4 rings (SSSR count). The summed E-state index contributed by atoms with van der Waals surface area (Å²) in [5.41, 5.74) is -0.0902. The van der Waals surface area contributed by atoms with Gasteiger partial charge in [0.25, 0.3) is 11.5 Å². The predicted molar refractivity (Wildman–Crippen MR) is 119 cm³/mol. The highest BCUT2D eigenvalue weighted by Crippen LogP contribution is 2.44. The molecule has 9 heteroatoms. The lowest BCUT2D eigenvalue weighted by atomic mass is 9.94. The van der Waals surface area contributed by atoms with Crippen molar-refractivity contribution >= 4 is 17.5 Å². The Balaban J connectivity index is 1.75. The summed E-state index contributed by atoms with van der Waals surface area (Å²) in [6.07, 6.45) is 5.59. The quantitative estimate of drug-likeness (QED) is 0.584. The third-order valence-corrected chi connectivity index (χ3v) is 6.73. The van der Waals surface area contributed by atoms with Gasteiger partial charge in [-0.15, -0.1) is 0 Å². The van der Waals surface area contributed by atoms with Crippen molar-refractivity contribution in [2.45, 2.75) is 44.5 Å². The van der Waals surface area contributed by atoms with Gasteiger partial charge in [0.1, 0.15) is 24.3 Å². The summed E-state index contributed by atoms with van der Waals surface area (Å²) >= 11 is 5.87. The lowest BCUT2D eigenvalue weighted by Crippen LogP contribution is -2.46. The number of alkyl halides is 1. The highest BCUT2D eigenvalue weighted by Gasteiger charge is 2.50. The molecule has 7 nitrogen and oxygen atoms in total. The third-order valence-electron chi connectivity index (χ3n) is 6.62. The van der Waals surface area contributed by atoms with Crippen molar-refractivity contribution in [1.82, 2.24) is 14.8 Å². The van der Waals surface area contributed by atoms with Crippen molar-refractivity contribution in [3.63, 3.8) is 0 Å². The number of halogens is 2. The van der Waals surface area contributed by atoms with Crippen molar-refractivity contribution in [3.05, 3.63) is 62.6 Å². The first kappa shape index (κ1) is 22.8. The number of pyridine rings is 1. The average Bonchev–Trinajstić information content (AvgIpc) is 3.23. The molecule has 0 aromatic carbocycles. The number of fused-ring (bicyclic) bond motifs is 4. The normalized spacial score (nSPS) is 27.8. The fraction of sp³-hybridized carbons (Fsp3) is 0.478. The van der Waals surface area contributed by atoms with Crippen LogP contribution in [0.3, 0.4) is 0 Å². The van der Waals surface area contributed by atoms with Gasteiger partial charge in [0, 0.05) is 23.7 Å². The lowest BCUT2D eigenvalue weighted by Gasteiger charge is -2.36. The minimum Gasteiger partial charge on any atom is -0.503 e. The standard InChI is InChI=1S/C23H27ClFN3O4/c1-13-5-7-23(11-13)26-20(30)18-16-6-9-27(12-15(4-3-8-25)10-14(2)24)21(31)17(16)19(29)22(32)28(18)23/h3-4,10,13,21,29,31H,2,5-9,11-12H2,1H3,(H,26,30)/b4-3-,15-10+. The van der Waals surface area contributed by atoms with Gasteiger partial charge in [-0.1, -0.05) is 37.3 Å². The molecule has 2 aliphatic heterocycles. The number of carbonyl (C=O) groups excluding carboxylic acids is 1. The van der Waals surface area contributed by atoms with Crippen LogP contribution in [0.15, 0.2) is 40.2 Å². The second-order valence-electron chi connectivity index (χ2n) is 8.88. The summed E-state index contributed by atoms with van der Waals surface area (Å²) in [5, 5.41) is 25.1. The number of hydrogen-bond acceptors (Lipinski definition) is 5. The summed E-state index contributed by atoms with van der Waals surface area (Å²) in [6.45, 7) is 5.59. The van der Waals surface area contributed by atoms with Crippen LogP contribution in [0.1, 0.15) is 54.0 Å². The van der Waals surface area contributed by atoms with Gasteiger partial charge in [-0.05, 0) is 48.8 Å². The molecular formula is C23H27ClFN3O4. The van der Waals surface area contributed by atoms with Crippen LogP contribution in [0.4, 0.5) is 4.39 Å². The van der Waals surface area contributed by atoms with E-state index in [1.165, 1.54) is 10.6 Å². The van der Waals surface area contributed by atoms with Gasteiger partial charge in [0.05, 0.1) is 0 Å². The number of nitrogens with zero attached hydrogens (tertiary/aromatic N) is 2. The molecule has 1 aliphatic carbocycles. The Morgan fingerprint density at radius 2 is 2.19 bits per heavy atom. The number of aromatic nitrogens is 1. The molecule has 0 bridgehead atoms. The van der Waals surface area contributed by atoms with Gasteiger partial charge in [-0.25, -0.2) is 4.39 Å². The SMILES string of the molecule is C=C(Cl)/C=C(\C=C/CF)CN1CCc2c(c(O)c(=O)n3c2C(=O)NC32CCC(C)C2)C1O. The topological polar surface area (TPSA) is 94.8 Å². The average molecular weight is 464 g/mol. The molecule has 0 radical (unpaired) electrons. The van der Waals surface area contributed by atoms with E-state index in [9.17, 15) is 24.2 Å². The predicted octanol–water partition coefficient (Wildman–Crippen LogP) is 2.82. The Morgan fingerprint density at radius 1 is 1.44 bits per heavy atom. The van der Waals surface area contributed by atoms with E-state index >= 15 is 0 Å². The number of aliphatic hydroxyl groups is 1. The highest BCUT2D eigenvalue weighted by atomic mass is 35.5.